The van der Waals surface area contributed by atoms with Crippen molar-refractivity contribution in [3.05, 3.63) is 76.8 Å². The molecule has 2 atom stereocenters. The first-order valence-corrected chi connectivity index (χ1v) is 13.2. The van der Waals surface area contributed by atoms with Crippen molar-refractivity contribution < 1.29 is 9.59 Å². The largest absolute Gasteiger partial charge is 0.351 e. The molecule has 0 aliphatic rings. The van der Waals surface area contributed by atoms with E-state index in [2.05, 4.69) is 48.9 Å². The lowest BCUT2D eigenvalue weighted by atomic mass is 9.96. The number of halogens is 1. The Kier molecular flexibility index (Phi) is 13.3. The predicted molar refractivity (Wildman–Crippen MR) is 150 cm³/mol. The molecule has 3 N–H and O–H groups in total. The molecule has 6 nitrogen and oxygen atoms in total. The van der Waals surface area contributed by atoms with Crippen LogP contribution < -0.4 is 16.0 Å². The number of benzene rings is 2. The van der Waals surface area contributed by atoms with Gasteiger partial charge in [-0.25, -0.2) is 0 Å². The Bertz CT molecular complexity index is 948. The summed E-state index contributed by atoms with van der Waals surface area (Å²) >= 11 is 5.89. The Morgan fingerprint density at radius 1 is 0.972 bits per heavy atom. The average Bonchev–Trinajstić information content (AvgIpc) is 2.88. The van der Waals surface area contributed by atoms with Crippen molar-refractivity contribution in [3.8, 4) is 0 Å². The Labute approximate surface area is 221 Å². The average molecular weight is 513 g/mol. The Morgan fingerprint density at radius 2 is 1.67 bits per heavy atom. The van der Waals surface area contributed by atoms with Crippen LogP contribution in [-0.4, -0.2) is 62.0 Å². The summed E-state index contributed by atoms with van der Waals surface area (Å²) < 4.78 is 0. The zero-order valence-corrected chi connectivity index (χ0v) is 22.7. The van der Waals surface area contributed by atoms with Gasteiger partial charge < -0.3 is 20.9 Å². The van der Waals surface area contributed by atoms with Gasteiger partial charge in [-0.1, -0.05) is 74.8 Å². The van der Waals surface area contributed by atoms with Crippen LogP contribution in [0.2, 0.25) is 5.02 Å². The van der Waals surface area contributed by atoms with Crippen molar-refractivity contribution in [2.75, 3.05) is 33.2 Å². The highest BCUT2D eigenvalue weighted by Crippen LogP contribution is 2.20. The van der Waals surface area contributed by atoms with Gasteiger partial charge >= 0.3 is 0 Å². The van der Waals surface area contributed by atoms with Gasteiger partial charge in [0.05, 0.1) is 6.04 Å². The monoisotopic (exact) mass is 512 g/mol. The summed E-state index contributed by atoms with van der Waals surface area (Å²) in [6, 6.07) is 17.7. The maximum Gasteiger partial charge on any atom is 0.244 e. The van der Waals surface area contributed by atoms with E-state index in [1.54, 1.807) is 18.2 Å². The molecule has 2 rings (SSSR count). The van der Waals surface area contributed by atoms with Crippen molar-refractivity contribution in [1.82, 2.24) is 20.9 Å². The summed E-state index contributed by atoms with van der Waals surface area (Å²) in [7, 11) is 1.88. The van der Waals surface area contributed by atoms with E-state index in [1.165, 1.54) is 11.6 Å². The molecule has 36 heavy (non-hydrogen) atoms. The zero-order valence-electron chi connectivity index (χ0n) is 22.0. The van der Waals surface area contributed by atoms with E-state index >= 15 is 0 Å². The van der Waals surface area contributed by atoms with E-state index in [-0.39, 0.29) is 17.9 Å². The van der Waals surface area contributed by atoms with Crippen molar-refractivity contribution in [3.63, 3.8) is 0 Å². The third-order valence-corrected chi connectivity index (χ3v) is 6.28. The van der Waals surface area contributed by atoms with Gasteiger partial charge in [0.1, 0.15) is 0 Å². The molecule has 0 radical (unpaired) electrons. The van der Waals surface area contributed by atoms with Gasteiger partial charge in [0.15, 0.2) is 0 Å². The van der Waals surface area contributed by atoms with Gasteiger partial charge in [-0.2, -0.15) is 0 Å². The first-order valence-electron chi connectivity index (χ1n) is 12.8. The van der Waals surface area contributed by atoms with Gasteiger partial charge in [0, 0.05) is 49.7 Å². The van der Waals surface area contributed by atoms with E-state index in [1.807, 2.05) is 42.3 Å². The molecule has 0 saturated carbocycles. The molecule has 196 valence electrons. The normalized spacial score (nSPS) is 13.1. The van der Waals surface area contributed by atoms with Crippen LogP contribution in [0.3, 0.4) is 0 Å². The topological polar surface area (TPSA) is 73.5 Å². The summed E-state index contributed by atoms with van der Waals surface area (Å²) in [6.45, 7) is 8.67. The van der Waals surface area contributed by atoms with Gasteiger partial charge in [0.25, 0.3) is 0 Å². The number of hydrogen-bond acceptors (Lipinski definition) is 4. The summed E-state index contributed by atoms with van der Waals surface area (Å²) in [4.78, 5) is 27.3. The molecular formula is C29H41ClN4O2. The van der Waals surface area contributed by atoms with Crippen molar-refractivity contribution in [1.29, 1.82) is 0 Å². The molecule has 7 heteroatoms. The number of hydrogen-bond donors (Lipinski definition) is 3. The Morgan fingerprint density at radius 3 is 2.31 bits per heavy atom. The second-order valence-electron chi connectivity index (χ2n) is 9.31. The lowest BCUT2D eigenvalue weighted by Crippen LogP contribution is -2.49. The molecule has 0 aromatic heterocycles. The molecule has 0 aliphatic carbocycles. The number of likely N-dealkylation sites (N-methyl/N-ethyl adjacent to an activating group) is 1. The number of amides is 2. The van der Waals surface area contributed by atoms with E-state index in [9.17, 15) is 9.59 Å². The third-order valence-electron chi connectivity index (χ3n) is 6.03. The van der Waals surface area contributed by atoms with Crippen LogP contribution in [0, 0.1) is 0 Å². The van der Waals surface area contributed by atoms with Crippen molar-refractivity contribution >= 4 is 29.5 Å². The molecule has 0 saturated heterocycles. The molecular weight excluding hydrogens is 472 g/mol. The standard InChI is InChI=1S/C29H41ClN4O2/c1-5-24(25-9-7-6-8-10-25)21-34(4)29(36)27(17-18-31-22(2)3)32-19-20-33-28(35)16-13-23-11-14-26(30)15-12-23/h6-16,22,24,27,31-32H,5,17-21H2,1-4H3,(H,33,35)/b16-13+/t24-,27+/m1/s1. The van der Waals surface area contributed by atoms with Crippen LogP contribution in [0.15, 0.2) is 60.7 Å². The molecule has 0 bridgehead atoms. The number of carbonyl (C=O) groups is 2. The van der Waals surface area contributed by atoms with Crippen LogP contribution in [0.25, 0.3) is 6.08 Å². The maximum absolute atomic E-state index is 13.3. The summed E-state index contributed by atoms with van der Waals surface area (Å²) in [5.74, 6) is 0.187. The minimum Gasteiger partial charge on any atom is -0.351 e. The van der Waals surface area contributed by atoms with Crippen LogP contribution in [0.4, 0.5) is 0 Å². The fourth-order valence-corrected chi connectivity index (χ4v) is 4.07. The minimum atomic E-state index is -0.323. The first-order chi connectivity index (χ1) is 17.3. The van der Waals surface area contributed by atoms with Crippen molar-refractivity contribution in [2.24, 2.45) is 0 Å². The molecule has 2 aromatic rings. The van der Waals surface area contributed by atoms with Gasteiger partial charge in [-0.3, -0.25) is 9.59 Å². The summed E-state index contributed by atoms with van der Waals surface area (Å²) in [6.07, 6.45) is 4.88. The Hall–Kier alpha value is -2.67. The quantitative estimate of drug-likeness (QED) is 0.243. The predicted octanol–water partition coefficient (Wildman–Crippen LogP) is 4.47. The molecule has 0 heterocycles. The molecule has 0 fully saturated rings. The second kappa shape index (κ2) is 16.1. The van der Waals surface area contributed by atoms with Crippen LogP contribution in [0.5, 0.6) is 0 Å². The van der Waals surface area contributed by atoms with Crippen LogP contribution >= 0.6 is 11.6 Å². The highest BCUT2D eigenvalue weighted by molar-refractivity contribution is 6.30. The SMILES string of the molecule is CC[C@H](CN(C)C(=O)[C@H](CCNC(C)C)NCCNC(=O)/C=C/c1ccc(Cl)cc1)c1ccccc1. The molecule has 0 unspecified atom stereocenters. The summed E-state index contributed by atoms with van der Waals surface area (Å²) in [5, 5.41) is 10.3. The maximum atomic E-state index is 13.3. The smallest absolute Gasteiger partial charge is 0.244 e. The third kappa shape index (κ3) is 10.9. The van der Waals surface area contributed by atoms with Crippen LogP contribution in [-0.2, 0) is 9.59 Å². The van der Waals surface area contributed by atoms with Gasteiger partial charge in [-0.15, -0.1) is 0 Å². The number of nitrogens with one attached hydrogen (secondary N) is 3. The van der Waals surface area contributed by atoms with Gasteiger partial charge in [0.2, 0.25) is 11.8 Å². The van der Waals surface area contributed by atoms with E-state index < -0.39 is 0 Å². The van der Waals surface area contributed by atoms with Gasteiger partial charge in [-0.05, 0) is 48.7 Å². The molecule has 2 aromatic carbocycles. The fraction of sp³-hybridized carbons (Fsp3) is 0.448. The van der Waals surface area contributed by atoms with E-state index in [0.717, 1.165) is 18.5 Å². The van der Waals surface area contributed by atoms with E-state index in [0.29, 0.717) is 43.0 Å². The Balaban J connectivity index is 1.88. The fourth-order valence-electron chi connectivity index (χ4n) is 3.95. The lowest BCUT2D eigenvalue weighted by Gasteiger charge is -2.28. The molecule has 2 amide bonds. The molecule has 0 spiro atoms. The second-order valence-corrected chi connectivity index (χ2v) is 9.75. The van der Waals surface area contributed by atoms with Crippen molar-refractivity contribution in [2.45, 2.75) is 51.6 Å². The highest BCUT2D eigenvalue weighted by Gasteiger charge is 2.23. The van der Waals surface area contributed by atoms with E-state index in [4.69, 9.17) is 11.6 Å². The number of rotatable bonds is 15. The molecule has 0 aliphatic heterocycles. The zero-order chi connectivity index (χ0) is 26.3. The lowest BCUT2D eigenvalue weighted by molar-refractivity contribution is -0.132. The minimum absolute atomic E-state index is 0.0731. The summed E-state index contributed by atoms with van der Waals surface area (Å²) in [5.41, 5.74) is 2.15. The highest BCUT2D eigenvalue weighted by atomic mass is 35.5. The number of carbonyl (C=O) groups excluding carboxylic acids is 2. The number of nitrogens with zero attached hydrogens (tertiary/aromatic N) is 1. The van der Waals surface area contributed by atoms with Crippen LogP contribution in [0.1, 0.15) is 50.7 Å². The first kappa shape index (κ1) is 29.6.